The van der Waals surface area contributed by atoms with Gasteiger partial charge in [-0.2, -0.15) is 0 Å². The summed E-state index contributed by atoms with van der Waals surface area (Å²) in [5.74, 6) is -0.953. The van der Waals surface area contributed by atoms with Gasteiger partial charge in [-0.05, 0) is 0 Å². The van der Waals surface area contributed by atoms with E-state index < -0.39 is 11.6 Å². The van der Waals surface area contributed by atoms with E-state index in [0.717, 1.165) is 0 Å². The Morgan fingerprint density at radius 2 is 1.56 bits per heavy atom. The average Bonchev–Trinajstić information content (AvgIpc) is 2.35. The van der Waals surface area contributed by atoms with Crippen LogP contribution >= 0.6 is 0 Å². The van der Waals surface area contributed by atoms with E-state index in [1.54, 1.807) is 31.2 Å². The SMILES string of the molecule is CCC(=O)C(=O)CCC(=O)c1ccccc1. The molecule has 3 nitrogen and oxygen atoms in total. The fourth-order valence-corrected chi connectivity index (χ4v) is 1.33. The molecule has 0 spiro atoms. The van der Waals surface area contributed by atoms with Crippen LogP contribution in [0.1, 0.15) is 36.5 Å². The monoisotopic (exact) mass is 218 g/mol. The molecule has 0 bridgehead atoms. The minimum atomic E-state index is -0.452. The van der Waals surface area contributed by atoms with Crippen molar-refractivity contribution < 1.29 is 14.4 Å². The van der Waals surface area contributed by atoms with Crippen LogP contribution in [0, 0.1) is 0 Å². The zero-order valence-corrected chi connectivity index (χ0v) is 9.23. The Labute approximate surface area is 94.5 Å². The Kier molecular flexibility index (Phi) is 4.58. The van der Waals surface area contributed by atoms with E-state index in [-0.39, 0.29) is 25.0 Å². The lowest BCUT2D eigenvalue weighted by molar-refractivity contribution is -0.136. The Morgan fingerprint density at radius 3 is 2.12 bits per heavy atom. The van der Waals surface area contributed by atoms with Gasteiger partial charge in [0.25, 0.3) is 0 Å². The molecular weight excluding hydrogens is 204 g/mol. The molecule has 0 saturated carbocycles. The number of rotatable bonds is 6. The van der Waals surface area contributed by atoms with Gasteiger partial charge in [0, 0.05) is 24.8 Å². The smallest absolute Gasteiger partial charge is 0.198 e. The average molecular weight is 218 g/mol. The molecule has 0 aliphatic heterocycles. The molecule has 0 N–H and O–H groups in total. The summed E-state index contributed by atoms with van der Waals surface area (Å²) in [5.41, 5.74) is 0.583. The van der Waals surface area contributed by atoms with E-state index in [1.807, 2.05) is 6.07 Å². The zero-order valence-electron chi connectivity index (χ0n) is 9.23. The first-order chi connectivity index (χ1) is 7.65. The molecule has 0 fully saturated rings. The third kappa shape index (κ3) is 3.42. The van der Waals surface area contributed by atoms with Gasteiger partial charge in [0.2, 0.25) is 0 Å². The molecule has 0 atom stereocenters. The van der Waals surface area contributed by atoms with Crippen molar-refractivity contribution in [1.82, 2.24) is 0 Å². The van der Waals surface area contributed by atoms with Crippen LogP contribution in [-0.2, 0) is 9.59 Å². The molecular formula is C13H14O3. The number of carbonyl (C=O) groups excluding carboxylic acids is 3. The van der Waals surface area contributed by atoms with Crippen LogP contribution in [-0.4, -0.2) is 17.3 Å². The van der Waals surface area contributed by atoms with Crippen molar-refractivity contribution in [3.63, 3.8) is 0 Å². The standard InChI is InChI=1S/C13H14O3/c1-2-11(14)13(16)9-8-12(15)10-6-4-3-5-7-10/h3-7H,2,8-9H2,1H3. The topological polar surface area (TPSA) is 51.2 Å². The lowest BCUT2D eigenvalue weighted by Gasteiger charge is -1.99. The van der Waals surface area contributed by atoms with Crippen molar-refractivity contribution in [3.05, 3.63) is 35.9 Å². The first kappa shape index (κ1) is 12.3. The van der Waals surface area contributed by atoms with Crippen LogP contribution in [0.15, 0.2) is 30.3 Å². The molecule has 1 aromatic rings. The molecule has 0 unspecified atom stereocenters. The van der Waals surface area contributed by atoms with E-state index in [4.69, 9.17) is 0 Å². The van der Waals surface area contributed by atoms with Crippen LogP contribution in [0.4, 0.5) is 0 Å². The summed E-state index contributed by atoms with van der Waals surface area (Å²) in [4.78, 5) is 33.8. The summed E-state index contributed by atoms with van der Waals surface area (Å²) >= 11 is 0. The van der Waals surface area contributed by atoms with Gasteiger partial charge in [0.05, 0.1) is 0 Å². The Bertz CT molecular complexity index is 393. The van der Waals surface area contributed by atoms with Gasteiger partial charge in [-0.25, -0.2) is 0 Å². The van der Waals surface area contributed by atoms with Crippen LogP contribution < -0.4 is 0 Å². The van der Waals surface area contributed by atoms with Crippen molar-refractivity contribution in [3.8, 4) is 0 Å². The summed E-state index contributed by atoms with van der Waals surface area (Å²) in [5, 5.41) is 0. The minimum absolute atomic E-state index is 0.0143. The normalized spacial score (nSPS) is 9.81. The van der Waals surface area contributed by atoms with Crippen LogP contribution in [0.3, 0.4) is 0 Å². The van der Waals surface area contributed by atoms with Crippen molar-refractivity contribution >= 4 is 17.3 Å². The Balaban J connectivity index is 2.48. The van der Waals surface area contributed by atoms with Crippen LogP contribution in [0.5, 0.6) is 0 Å². The maximum Gasteiger partial charge on any atom is 0.198 e. The first-order valence-electron chi connectivity index (χ1n) is 5.29. The van der Waals surface area contributed by atoms with Crippen molar-refractivity contribution in [2.24, 2.45) is 0 Å². The van der Waals surface area contributed by atoms with Gasteiger partial charge in [0.1, 0.15) is 0 Å². The van der Waals surface area contributed by atoms with Gasteiger partial charge in [-0.3, -0.25) is 14.4 Å². The molecule has 0 aliphatic rings. The third-order valence-electron chi connectivity index (χ3n) is 2.31. The highest BCUT2D eigenvalue weighted by atomic mass is 16.2. The molecule has 16 heavy (non-hydrogen) atoms. The van der Waals surface area contributed by atoms with Gasteiger partial charge in [0.15, 0.2) is 17.3 Å². The van der Waals surface area contributed by atoms with Crippen LogP contribution in [0.25, 0.3) is 0 Å². The van der Waals surface area contributed by atoms with Gasteiger partial charge in [-0.1, -0.05) is 37.3 Å². The highest BCUT2D eigenvalue weighted by molar-refractivity contribution is 6.37. The summed E-state index contributed by atoms with van der Waals surface area (Å²) in [7, 11) is 0. The molecule has 0 aromatic heterocycles. The van der Waals surface area contributed by atoms with Crippen molar-refractivity contribution in [1.29, 1.82) is 0 Å². The molecule has 0 amide bonds. The number of benzene rings is 1. The zero-order chi connectivity index (χ0) is 12.0. The summed E-state index contributed by atoms with van der Waals surface area (Å²) in [6, 6.07) is 8.77. The number of ketones is 3. The first-order valence-corrected chi connectivity index (χ1v) is 5.29. The predicted octanol–water partition coefficient (Wildman–Crippen LogP) is 2.20. The van der Waals surface area contributed by atoms with E-state index in [0.29, 0.717) is 5.56 Å². The number of Topliss-reactive ketones (excluding diaryl/α,β-unsaturated/α-hetero) is 3. The van der Waals surface area contributed by atoms with Crippen molar-refractivity contribution in [2.75, 3.05) is 0 Å². The second-order valence-corrected chi connectivity index (χ2v) is 3.49. The molecule has 3 heteroatoms. The molecule has 0 aliphatic carbocycles. The predicted molar refractivity (Wildman–Crippen MR) is 60.3 cm³/mol. The van der Waals surface area contributed by atoms with E-state index in [2.05, 4.69) is 0 Å². The van der Waals surface area contributed by atoms with Crippen molar-refractivity contribution in [2.45, 2.75) is 26.2 Å². The summed E-state index contributed by atoms with van der Waals surface area (Å²) in [6.07, 6.45) is 0.327. The van der Waals surface area contributed by atoms with E-state index >= 15 is 0 Å². The fourth-order valence-electron chi connectivity index (χ4n) is 1.33. The maximum atomic E-state index is 11.6. The molecule has 0 radical (unpaired) electrons. The van der Waals surface area contributed by atoms with Gasteiger partial charge < -0.3 is 0 Å². The van der Waals surface area contributed by atoms with Gasteiger partial charge >= 0.3 is 0 Å². The fraction of sp³-hybridized carbons (Fsp3) is 0.308. The van der Waals surface area contributed by atoms with E-state index in [9.17, 15) is 14.4 Å². The van der Waals surface area contributed by atoms with Crippen LogP contribution in [0.2, 0.25) is 0 Å². The highest BCUT2D eigenvalue weighted by Crippen LogP contribution is 2.05. The minimum Gasteiger partial charge on any atom is -0.294 e. The Morgan fingerprint density at radius 1 is 0.938 bits per heavy atom. The quantitative estimate of drug-likeness (QED) is 0.543. The maximum absolute atomic E-state index is 11.6. The largest absolute Gasteiger partial charge is 0.294 e. The second kappa shape index (κ2) is 5.95. The molecule has 0 saturated heterocycles. The molecule has 1 rings (SSSR count). The Hall–Kier alpha value is -1.77. The summed E-state index contributed by atoms with van der Waals surface area (Å²) in [6.45, 7) is 1.64. The third-order valence-corrected chi connectivity index (χ3v) is 2.31. The number of hydrogen-bond donors (Lipinski definition) is 0. The lowest BCUT2D eigenvalue weighted by atomic mass is 10.0. The van der Waals surface area contributed by atoms with E-state index in [1.165, 1.54) is 0 Å². The second-order valence-electron chi connectivity index (χ2n) is 3.49. The molecule has 1 aromatic carbocycles. The summed E-state index contributed by atoms with van der Waals surface area (Å²) < 4.78 is 0. The highest BCUT2D eigenvalue weighted by Gasteiger charge is 2.13. The lowest BCUT2D eigenvalue weighted by Crippen LogP contribution is -2.14. The molecule has 84 valence electrons. The number of hydrogen-bond acceptors (Lipinski definition) is 3. The van der Waals surface area contributed by atoms with Gasteiger partial charge in [-0.15, -0.1) is 0 Å². The number of carbonyl (C=O) groups is 3. The molecule has 0 heterocycles.